The summed E-state index contributed by atoms with van der Waals surface area (Å²) >= 11 is 0. The van der Waals surface area contributed by atoms with Crippen molar-refractivity contribution >= 4 is 16.8 Å². The summed E-state index contributed by atoms with van der Waals surface area (Å²) in [6.07, 6.45) is 2.95. The van der Waals surface area contributed by atoms with Crippen LogP contribution in [0, 0.1) is 0 Å². The average molecular weight is 256 g/mol. The van der Waals surface area contributed by atoms with Crippen LogP contribution in [0.15, 0.2) is 24.4 Å². The fraction of sp³-hybridized carbons (Fsp3) is 0.400. The molecule has 0 saturated carbocycles. The largest absolute Gasteiger partial charge is 0.330 e. The quantitative estimate of drug-likeness (QED) is 0.740. The zero-order valence-electron chi connectivity index (χ0n) is 11.7. The molecule has 0 saturated heterocycles. The fourth-order valence-electron chi connectivity index (χ4n) is 2.39. The van der Waals surface area contributed by atoms with Crippen molar-refractivity contribution in [3.8, 4) is 0 Å². The number of nitrogens with one attached hydrogen (secondary N) is 1. The summed E-state index contributed by atoms with van der Waals surface area (Å²) in [6.45, 7) is 7.32. The highest BCUT2D eigenvalue weighted by Crippen LogP contribution is 2.26. The predicted molar refractivity (Wildman–Crippen MR) is 78.5 cm³/mol. The number of hydrogen-bond donors (Lipinski definition) is 2. The van der Waals surface area contributed by atoms with Gasteiger partial charge in [0.1, 0.15) is 0 Å². The molecule has 0 unspecified atom stereocenters. The van der Waals surface area contributed by atoms with Gasteiger partial charge in [-0.05, 0) is 29.7 Å². The van der Waals surface area contributed by atoms with Gasteiger partial charge >= 0.3 is 0 Å². The normalized spacial score (nSPS) is 12.6. The van der Waals surface area contributed by atoms with E-state index in [1.165, 1.54) is 5.56 Å². The number of hydrogen-bond acceptors (Lipinski definition) is 2. The van der Waals surface area contributed by atoms with Crippen LogP contribution >= 0.6 is 0 Å². The van der Waals surface area contributed by atoms with E-state index >= 15 is 0 Å². The number of nitrogens with zero attached hydrogens (tertiary/aromatic N) is 2. The molecule has 0 aliphatic heterocycles. The topological polar surface area (TPSA) is 59.1 Å². The summed E-state index contributed by atoms with van der Waals surface area (Å²) in [4.78, 5) is 7.92. The van der Waals surface area contributed by atoms with E-state index in [2.05, 4.69) is 59.5 Å². The van der Waals surface area contributed by atoms with Gasteiger partial charge in [-0.2, -0.15) is 0 Å². The minimum absolute atomic E-state index is 0.148. The second-order valence-electron chi connectivity index (χ2n) is 6.08. The van der Waals surface area contributed by atoms with Gasteiger partial charge in [0.25, 0.3) is 0 Å². The first-order chi connectivity index (χ1) is 8.99. The van der Waals surface area contributed by atoms with Gasteiger partial charge in [-0.1, -0.05) is 26.8 Å². The van der Waals surface area contributed by atoms with Gasteiger partial charge in [-0.15, -0.1) is 0 Å². The third-order valence-electron chi connectivity index (χ3n) is 3.53. The highest BCUT2D eigenvalue weighted by molar-refractivity contribution is 5.80. The summed E-state index contributed by atoms with van der Waals surface area (Å²) in [5.41, 5.74) is 10.4. The van der Waals surface area contributed by atoms with Gasteiger partial charge in [-0.3, -0.25) is 4.40 Å². The summed E-state index contributed by atoms with van der Waals surface area (Å²) in [6, 6.07) is 6.49. The van der Waals surface area contributed by atoms with Crippen LogP contribution in [0.25, 0.3) is 16.8 Å². The van der Waals surface area contributed by atoms with Gasteiger partial charge in [0.05, 0.1) is 11.0 Å². The van der Waals surface area contributed by atoms with Crippen molar-refractivity contribution in [1.29, 1.82) is 0 Å². The Labute approximate surface area is 112 Å². The van der Waals surface area contributed by atoms with Crippen LogP contribution in [-0.2, 0) is 11.8 Å². The molecule has 0 bridgehead atoms. The molecule has 0 aliphatic carbocycles. The highest BCUT2D eigenvalue weighted by Gasteiger charge is 2.16. The predicted octanol–water partition coefficient (Wildman–Crippen LogP) is 2.61. The Morgan fingerprint density at radius 1 is 1.32 bits per heavy atom. The molecule has 3 aromatic rings. The first-order valence-corrected chi connectivity index (χ1v) is 6.69. The second kappa shape index (κ2) is 4.10. The molecule has 0 fully saturated rings. The maximum atomic E-state index is 5.60. The SMILES string of the molecule is CC(C)(C)c1ccc2nc3[nH]c(CCN)cn3c2c1. The maximum absolute atomic E-state index is 5.60. The van der Waals surface area contributed by atoms with E-state index in [0.717, 1.165) is 28.9 Å². The second-order valence-corrected chi connectivity index (χ2v) is 6.08. The van der Waals surface area contributed by atoms with Crippen LogP contribution in [0.2, 0.25) is 0 Å². The lowest BCUT2D eigenvalue weighted by atomic mass is 9.87. The molecule has 100 valence electrons. The van der Waals surface area contributed by atoms with Gasteiger partial charge in [-0.25, -0.2) is 4.98 Å². The highest BCUT2D eigenvalue weighted by atomic mass is 15.1. The Morgan fingerprint density at radius 2 is 2.11 bits per heavy atom. The van der Waals surface area contributed by atoms with Crippen molar-refractivity contribution in [3.05, 3.63) is 35.7 Å². The van der Waals surface area contributed by atoms with Crippen molar-refractivity contribution in [2.45, 2.75) is 32.6 Å². The summed E-state index contributed by atoms with van der Waals surface area (Å²) in [5, 5.41) is 0. The Balaban J connectivity index is 2.21. The van der Waals surface area contributed by atoms with E-state index in [-0.39, 0.29) is 5.41 Å². The molecule has 4 heteroatoms. The Morgan fingerprint density at radius 3 is 2.79 bits per heavy atom. The minimum atomic E-state index is 0.148. The lowest BCUT2D eigenvalue weighted by Crippen LogP contribution is -2.10. The average Bonchev–Trinajstić information content (AvgIpc) is 2.84. The summed E-state index contributed by atoms with van der Waals surface area (Å²) < 4.78 is 2.12. The Kier molecular flexibility index (Phi) is 2.64. The van der Waals surface area contributed by atoms with E-state index in [1.807, 2.05) is 0 Å². The molecule has 2 heterocycles. The summed E-state index contributed by atoms with van der Waals surface area (Å²) in [7, 11) is 0. The van der Waals surface area contributed by atoms with Gasteiger partial charge < -0.3 is 10.7 Å². The standard InChI is InChI=1S/C15H20N4/c1-15(2,3)10-4-5-12-13(8-10)19-9-11(6-7-16)17-14(19)18-12/h4-5,8-9H,6-7,16H2,1-3H3,(H,17,18). The molecule has 0 aliphatic rings. The molecule has 19 heavy (non-hydrogen) atoms. The molecule has 0 atom stereocenters. The lowest BCUT2D eigenvalue weighted by Gasteiger charge is -2.18. The number of rotatable bonds is 2. The van der Waals surface area contributed by atoms with Crippen molar-refractivity contribution in [1.82, 2.24) is 14.4 Å². The summed E-state index contributed by atoms with van der Waals surface area (Å²) in [5.74, 6) is 0.893. The zero-order valence-corrected chi connectivity index (χ0v) is 11.7. The van der Waals surface area contributed by atoms with Gasteiger partial charge in [0, 0.05) is 18.3 Å². The van der Waals surface area contributed by atoms with Gasteiger partial charge in [0.15, 0.2) is 0 Å². The number of nitrogens with two attached hydrogens (primary N) is 1. The lowest BCUT2D eigenvalue weighted by molar-refractivity contribution is 0.591. The number of H-pyrrole nitrogens is 1. The van der Waals surface area contributed by atoms with E-state index in [9.17, 15) is 0 Å². The van der Waals surface area contributed by atoms with Crippen LogP contribution in [0.5, 0.6) is 0 Å². The van der Waals surface area contributed by atoms with Crippen LogP contribution in [0.3, 0.4) is 0 Å². The Bertz CT molecular complexity index is 728. The first-order valence-electron chi connectivity index (χ1n) is 6.69. The van der Waals surface area contributed by atoms with Crippen molar-refractivity contribution in [2.75, 3.05) is 6.54 Å². The molecule has 1 aromatic carbocycles. The molecule has 4 nitrogen and oxygen atoms in total. The number of aromatic nitrogens is 3. The molecular formula is C15H20N4. The minimum Gasteiger partial charge on any atom is -0.330 e. The van der Waals surface area contributed by atoms with Crippen molar-refractivity contribution < 1.29 is 0 Å². The van der Waals surface area contributed by atoms with Crippen LogP contribution in [-0.4, -0.2) is 20.9 Å². The van der Waals surface area contributed by atoms with Gasteiger partial charge in [0.2, 0.25) is 5.78 Å². The smallest absolute Gasteiger partial charge is 0.212 e. The van der Waals surface area contributed by atoms with Crippen LogP contribution in [0.4, 0.5) is 0 Å². The van der Waals surface area contributed by atoms with E-state index < -0.39 is 0 Å². The number of benzene rings is 1. The fourth-order valence-corrected chi connectivity index (χ4v) is 2.39. The Hall–Kier alpha value is -1.81. The van der Waals surface area contributed by atoms with Crippen LogP contribution < -0.4 is 5.73 Å². The van der Waals surface area contributed by atoms with Crippen LogP contribution in [0.1, 0.15) is 32.0 Å². The third kappa shape index (κ3) is 2.02. The number of aromatic amines is 1. The van der Waals surface area contributed by atoms with E-state index in [4.69, 9.17) is 5.73 Å². The van der Waals surface area contributed by atoms with E-state index in [0.29, 0.717) is 6.54 Å². The van der Waals surface area contributed by atoms with Crippen molar-refractivity contribution in [3.63, 3.8) is 0 Å². The monoisotopic (exact) mass is 256 g/mol. The number of imidazole rings is 2. The molecule has 0 spiro atoms. The first kappa shape index (κ1) is 12.2. The molecule has 3 N–H and O–H groups in total. The molecule has 0 amide bonds. The maximum Gasteiger partial charge on any atom is 0.212 e. The third-order valence-corrected chi connectivity index (χ3v) is 3.53. The molecule has 2 aromatic heterocycles. The molecular weight excluding hydrogens is 236 g/mol. The van der Waals surface area contributed by atoms with Crippen molar-refractivity contribution in [2.24, 2.45) is 5.73 Å². The van der Waals surface area contributed by atoms with E-state index in [1.54, 1.807) is 0 Å². The molecule has 0 radical (unpaired) electrons. The zero-order chi connectivity index (χ0) is 13.6. The molecule has 3 rings (SSSR count). The number of fused-ring (bicyclic) bond motifs is 3.